The number of nitrogens with one attached hydrogen (secondary N) is 1. The number of ketones is 1. The second-order valence-corrected chi connectivity index (χ2v) is 4.86. The summed E-state index contributed by atoms with van der Waals surface area (Å²) in [5, 5.41) is 6.66. The molecule has 1 aromatic carbocycles. The number of carbonyl (C=O) groups excluding carboxylic acids is 2. The van der Waals surface area contributed by atoms with Crippen LogP contribution in [0.1, 0.15) is 27.8 Å². The van der Waals surface area contributed by atoms with Crippen molar-refractivity contribution in [2.45, 2.75) is 6.92 Å². The van der Waals surface area contributed by atoms with Gasteiger partial charge in [-0.1, -0.05) is 15.9 Å². The number of Topliss-reactive ketones (excluding diaryl/α,β-unsaturated/α-hetero) is 1. The van der Waals surface area contributed by atoms with Crippen LogP contribution < -0.4 is 5.32 Å². The van der Waals surface area contributed by atoms with Crippen molar-refractivity contribution in [3.05, 3.63) is 46.2 Å². The Balaban J connectivity index is 2.50. The van der Waals surface area contributed by atoms with Crippen molar-refractivity contribution in [3.8, 4) is 5.69 Å². The molecule has 0 aliphatic carbocycles. The molecule has 0 aliphatic heterocycles. The summed E-state index contributed by atoms with van der Waals surface area (Å²) in [4.78, 5) is 23.1. The predicted molar refractivity (Wildman–Crippen MR) is 74.7 cm³/mol. The molecule has 0 atom stereocenters. The van der Waals surface area contributed by atoms with Crippen molar-refractivity contribution in [1.82, 2.24) is 15.1 Å². The molecular weight excluding hydrogens is 310 g/mol. The molecule has 1 heterocycles. The molecule has 6 heteroatoms. The molecule has 98 valence electrons. The first-order chi connectivity index (χ1) is 9.02. The molecule has 1 amide bonds. The summed E-state index contributed by atoms with van der Waals surface area (Å²) in [6, 6.07) is 6.94. The SMILES string of the molecule is CNC(=O)c1ccn(-c2ccc(Br)cc2C(C)=O)n1. The summed E-state index contributed by atoms with van der Waals surface area (Å²) in [6.07, 6.45) is 1.65. The number of nitrogens with zero attached hydrogens (tertiary/aromatic N) is 2. The van der Waals surface area contributed by atoms with Crippen LogP contribution in [0.3, 0.4) is 0 Å². The van der Waals surface area contributed by atoms with Crippen molar-refractivity contribution < 1.29 is 9.59 Å². The molecule has 19 heavy (non-hydrogen) atoms. The highest BCUT2D eigenvalue weighted by Crippen LogP contribution is 2.20. The second kappa shape index (κ2) is 5.36. The van der Waals surface area contributed by atoms with Crippen LogP contribution in [0.5, 0.6) is 0 Å². The number of hydrogen-bond donors (Lipinski definition) is 1. The summed E-state index contributed by atoms with van der Waals surface area (Å²) >= 11 is 3.33. The van der Waals surface area contributed by atoms with Crippen LogP contribution in [0.25, 0.3) is 5.69 Å². The van der Waals surface area contributed by atoms with Gasteiger partial charge in [-0.2, -0.15) is 5.10 Å². The normalized spacial score (nSPS) is 10.3. The Labute approximate surface area is 118 Å². The van der Waals surface area contributed by atoms with E-state index < -0.39 is 0 Å². The van der Waals surface area contributed by atoms with Crippen LogP contribution in [-0.4, -0.2) is 28.5 Å². The Morgan fingerprint density at radius 2 is 2.05 bits per heavy atom. The van der Waals surface area contributed by atoms with Gasteiger partial charge >= 0.3 is 0 Å². The maximum Gasteiger partial charge on any atom is 0.271 e. The van der Waals surface area contributed by atoms with Gasteiger partial charge in [0.2, 0.25) is 0 Å². The van der Waals surface area contributed by atoms with Crippen LogP contribution in [0.15, 0.2) is 34.9 Å². The van der Waals surface area contributed by atoms with E-state index in [-0.39, 0.29) is 11.7 Å². The van der Waals surface area contributed by atoms with Crippen molar-refractivity contribution in [3.63, 3.8) is 0 Å². The smallest absolute Gasteiger partial charge is 0.271 e. The zero-order chi connectivity index (χ0) is 14.0. The summed E-state index contributed by atoms with van der Waals surface area (Å²) in [7, 11) is 1.54. The van der Waals surface area contributed by atoms with Crippen molar-refractivity contribution in [1.29, 1.82) is 0 Å². The maximum atomic E-state index is 11.6. The lowest BCUT2D eigenvalue weighted by Crippen LogP contribution is -2.18. The number of benzene rings is 1. The van der Waals surface area contributed by atoms with Gasteiger partial charge in [-0.3, -0.25) is 9.59 Å². The number of hydrogen-bond acceptors (Lipinski definition) is 3. The fourth-order valence-corrected chi connectivity index (χ4v) is 2.06. The highest BCUT2D eigenvalue weighted by molar-refractivity contribution is 9.10. The van der Waals surface area contributed by atoms with Crippen LogP contribution in [0.4, 0.5) is 0 Å². The molecule has 0 saturated carbocycles. The minimum absolute atomic E-state index is 0.0618. The fraction of sp³-hybridized carbons (Fsp3) is 0.154. The largest absolute Gasteiger partial charge is 0.354 e. The third-order valence-corrected chi connectivity index (χ3v) is 3.13. The van der Waals surface area contributed by atoms with Gasteiger partial charge in [-0.15, -0.1) is 0 Å². The van der Waals surface area contributed by atoms with Crippen molar-refractivity contribution >= 4 is 27.6 Å². The molecular formula is C13H12BrN3O2. The number of aromatic nitrogens is 2. The first kappa shape index (κ1) is 13.5. The summed E-state index contributed by atoms with van der Waals surface area (Å²) in [5.41, 5.74) is 1.49. The molecule has 0 radical (unpaired) electrons. The fourth-order valence-electron chi connectivity index (χ4n) is 1.70. The topological polar surface area (TPSA) is 64.0 Å². The molecule has 0 aliphatic rings. The van der Waals surface area contributed by atoms with Crippen LogP contribution in [0, 0.1) is 0 Å². The molecule has 1 aromatic heterocycles. The first-order valence-electron chi connectivity index (χ1n) is 5.61. The van der Waals surface area contributed by atoms with Gasteiger partial charge in [0.05, 0.1) is 5.69 Å². The highest BCUT2D eigenvalue weighted by atomic mass is 79.9. The molecule has 2 rings (SSSR count). The Morgan fingerprint density at radius 1 is 1.32 bits per heavy atom. The summed E-state index contributed by atoms with van der Waals surface area (Å²) in [5.74, 6) is -0.325. The lowest BCUT2D eigenvalue weighted by Gasteiger charge is -2.07. The Hall–Kier alpha value is -1.95. The molecule has 1 N–H and O–H groups in total. The molecule has 0 bridgehead atoms. The van der Waals surface area contributed by atoms with Crippen molar-refractivity contribution in [2.75, 3.05) is 7.05 Å². The zero-order valence-corrected chi connectivity index (χ0v) is 12.1. The molecule has 5 nitrogen and oxygen atoms in total. The Bertz CT molecular complexity index is 649. The average Bonchev–Trinajstić information content (AvgIpc) is 2.87. The number of amides is 1. The van der Waals surface area contributed by atoms with E-state index in [0.717, 1.165) is 4.47 Å². The number of carbonyl (C=O) groups is 2. The van der Waals surface area contributed by atoms with Crippen LogP contribution in [0.2, 0.25) is 0 Å². The van der Waals surface area contributed by atoms with E-state index in [1.165, 1.54) is 11.6 Å². The second-order valence-electron chi connectivity index (χ2n) is 3.94. The minimum atomic E-state index is -0.264. The lowest BCUT2D eigenvalue weighted by molar-refractivity contribution is 0.0957. The van der Waals surface area contributed by atoms with Crippen molar-refractivity contribution in [2.24, 2.45) is 0 Å². The van der Waals surface area contributed by atoms with Gasteiger partial charge in [0, 0.05) is 23.3 Å². The van der Waals surface area contributed by atoms with Gasteiger partial charge < -0.3 is 5.32 Å². The minimum Gasteiger partial charge on any atom is -0.354 e. The predicted octanol–water partition coefficient (Wildman–Crippen LogP) is 2.20. The van der Waals surface area contributed by atoms with Gasteiger partial charge in [0.1, 0.15) is 0 Å². The molecule has 0 unspecified atom stereocenters. The van der Waals surface area contributed by atoms with E-state index in [2.05, 4.69) is 26.3 Å². The third-order valence-electron chi connectivity index (χ3n) is 2.63. The van der Waals surface area contributed by atoms with Gasteiger partial charge in [0.15, 0.2) is 11.5 Å². The quantitative estimate of drug-likeness (QED) is 0.881. The number of rotatable bonds is 3. The summed E-state index contributed by atoms with van der Waals surface area (Å²) < 4.78 is 2.34. The standard InChI is InChI=1S/C13H12BrN3O2/c1-8(18)10-7-9(14)3-4-12(10)17-6-5-11(16-17)13(19)15-2/h3-7H,1-2H3,(H,15,19). The Morgan fingerprint density at radius 3 is 2.68 bits per heavy atom. The highest BCUT2D eigenvalue weighted by Gasteiger charge is 2.13. The number of halogens is 1. The lowest BCUT2D eigenvalue weighted by atomic mass is 10.1. The molecule has 0 saturated heterocycles. The van der Waals surface area contributed by atoms with Gasteiger partial charge in [0.25, 0.3) is 5.91 Å². The van der Waals surface area contributed by atoms with Gasteiger partial charge in [-0.25, -0.2) is 4.68 Å². The average molecular weight is 322 g/mol. The van der Waals surface area contributed by atoms with E-state index in [1.807, 2.05) is 6.07 Å². The summed E-state index contributed by atoms with van der Waals surface area (Å²) in [6.45, 7) is 1.49. The maximum absolute atomic E-state index is 11.6. The van der Waals surface area contributed by atoms with Crippen LogP contribution >= 0.6 is 15.9 Å². The molecule has 0 spiro atoms. The third kappa shape index (κ3) is 2.73. The van der Waals surface area contributed by atoms with E-state index >= 15 is 0 Å². The Kier molecular flexibility index (Phi) is 3.80. The van der Waals surface area contributed by atoms with E-state index in [0.29, 0.717) is 16.9 Å². The van der Waals surface area contributed by atoms with Crippen LogP contribution in [-0.2, 0) is 0 Å². The molecule has 2 aromatic rings. The molecule has 0 fully saturated rings. The monoisotopic (exact) mass is 321 g/mol. The van der Waals surface area contributed by atoms with Gasteiger partial charge in [-0.05, 0) is 31.2 Å². The zero-order valence-electron chi connectivity index (χ0n) is 10.5. The van der Waals surface area contributed by atoms with E-state index in [4.69, 9.17) is 0 Å². The first-order valence-corrected chi connectivity index (χ1v) is 6.41. The van der Waals surface area contributed by atoms with E-state index in [1.54, 1.807) is 31.4 Å². The van der Waals surface area contributed by atoms with E-state index in [9.17, 15) is 9.59 Å².